The highest BCUT2D eigenvalue weighted by atomic mass is 16.6. The van der Waals surface area contributed by atoms with Crippen LogP contribution in [0.1, 0.15) is 37.8 Å². The highest BCUT2D eigenvalue weighted by molar-refractivity contribution is 6.01. The van der Waals surface area contributed by atoms with Crippen molar-refractivity contribution in [3.8, 4) is 0 Å². The minimum atomic E-state index is -1.49. The van der Waals surface area contributed by atoms with Crippen molar-refractivity contribution in [2.24, 2.45) is 5.41 Å². The van der Waals surface area contributed by atoms with Gasteiger partial charge in [0, 0.05) is 5.92 Å². The van der Waals surface area contributed by atoms with E-state index in [2.05, 4.69) is 0 Å². The van der Waals surface area contributed by atoms with Crippen molar-refractivity contribution in [3.63, 3.8) is 0 Å². The molecule has 0 unspecified atom stereocenters. The standard InChI is InChI=1S/C23H26O4/c1-4-26-21(24)23(3,22(25)27-5-2)20(19-14-10-7-11-15-19)17-16-18-12-8-6-9-13-18/h6-17,20H,4-5H2,1-3H3/b17-16+/t20-/m1/s1. The molecular weight excluding hydrogens is 340 g/mol. The molecule has 2 aromatic carbocycles. The van der Waals surface area contributed by atoms with Crippen LogP contribution in [0.3, 0.4) is 0 Å². The maximum Gasteiger partial charge on any atom is 0.324 e. The topological polar surface area (TPSA) is 52.6 Å². The molecule has 0 aliphatic rings. The van der Waals surface area contributed by atoms with Crippen LogP contribution in [-0.2, 0) is 19.1 Å². The molecule has 0 aliphatic heterocycles. The summed E-state index contributed by atoms with van der Waals surface area (Å²) in [6.07, 6.45) is 3.78. The zero-order chi connectivity index (χ0) is 19.7. The zero-order valence-electron chi connectivity index (χ0n) is 16.1. The van der Waals surface area contributed by atoms with Crippen molar-refractivity contribution < 1.29 is 19.1 Å². The third-order valence-electron chi connectivity index (χ3n) is 4.46. The first kappa shape index (κ1) is 20.4. The van der Waals surface area contributed by atoms with Gasteiger partial charge in [0.25, 0.3) is 0 Å². The fourth-order valence-corrected chi connectivity index (χ4v) is 2.97. The van der Waals surface area contributed by atoms with Crippen molar-refractivity contribution in [2.45, 2.75) is 26.7 Å². The summed E-state index contributed by atoms with van der Waals surface area (Å²) in [6, 6.07) is 19.2. The Hall–Kier alpha value is -2.88. The van der Waals surface area contributed by atoms with E-state index in [1.165, 1.54) is 0 Å². The fraction of sp³-hybridized carbons (Fsp3) is 0.304. The van der Waals surface area contributed by atoms with Crippen LogP contribution < -0.4 is 0 Å². The molecule has 1 atom stereocenters. The van der Waals surface area contributed by atoms with Gasteiger partial charge in [0.15, 0.2) is 5.41 Å². The van der Waals surface area contributed by atoms with Gasteiger partial charge >= 0.3 is 11.9 Å². The van der Waals surface area contributed by atoms with E-state index in [0.29, 0.717) is 0 Å². The molecule has 142 valence electrons. The third kappa shape index (κ3) is 4.85. The Balaban J connectivity index is 2.54. The molecule has 0 aliphatic carbocycles. The van der Waals surface area contributed by atoms with E-state index in [9.17, 15) is 9.59 Å². The Bertz CT molecular complexity index is 747. The average molecular weight is 366 g/mol. The molecule has 0 amide bonds. The van der Waals surface area contributed by atoms with Gasteiger partial charge in [-0.2, -0.15) is 0 Å². The number of hydrogen-bond donors (Lipinski definition) is 0. The van der Waals surface area contributed by atoms with E-state index >= 15 is 0 Å². The monoisotopic (exact) mass is 366 g/mol. The van der Waals surface area contributed by atoms with Crippen molar-refractivity contribution in [1.82, 2.24) is 0 Å². The summed E-state index contributed by atoms with van der Waals surface area (Å²) in [5.74, 6) is -1.71. The summed E-state index contributed by atoms with van der Waals surface area (Å²) in [6.45, 7) is 5.42. The lowest BCUT2D eigenvalue weighted by Crippen LogP contribution is -2.44. The molecule has 0 saturated carbocycles. The van der Waals surface area contributed by atoms with E-state index < -0.39 is 23.3 Å². The van der Waals surface area contributed by atoms with Crippen LogP contribution in [-0.4, -0.2) is 25.2 Å². The molecule has 2 rings (SSSR count). The van der Waals surface area contributed by atoms with Crippen LogP contribution in [0.4, 0.5) is 0 Å². The van der Waals surface area contributed by atoms with Crippen LogP contribution in [0.2, 0.25) is 0 Å². The first-order valence-electron chi connectivity index (χ1n) is 9.16. The molecule has 0 fully saturated rings. The number of ether oxygens (including phenoxy) is 2. The quantitative estimate of drug-likeness (QED) is 0.505. The molecule has 0 bridgehead atoms. The molecule has 0 radical (unpaired) electrons. The summed E-state index contributed by atoms with van der Waals surface area (Å²) in [4.78, 5) is 25.7. The molecular formula is C23H26O4. The predicted octanol–water partition coefficient (Wildman–Crippen LogP) is 4.62. The Morgan fingerprint density at radius 2 is 1.37 bits per heavy atom. The second-order valence-electron chi connectivity index (χ2n) is 6.30. The van der Waals surface area contributed by atoms with Crippen LogP contribution in [0.15, 0.2) is 66.7 Å². The van der Waals surface area contributed by atoms with E-state index in [0.717, 1.165) is 11.1 Å². The number of rotatable bonds is 8. The Kier molecular flexibility index (Phi) is 7.35. The molecule has 0 aromatic heterocycles. The van der Waals surface area contributed by atoms with Crippen LogP contribution in [0.5, 0.6) is 0 Å². The predicted molar refractivity (Wildman–Crippen MR) is 106 cm³/mol. The maximum absolute atomic E-state index is 12.9. The van der Waals surface area contributed by atoms with Crippen LogP contribution in [0, 0.1) is 5.41 Å². The zero-order valence-corrected chi connectivity index (χ0v) is 16.1. The second kappa shape index (κ2) is 9.72. The molecule has 0 N–H and O–H groups in total. The number of hydrogen-bond acceptors (Lipinski definition) is 4. The van der Waals surface area contributed by atoms with Gasteiger partial charge in [0.2, 0.25) is 0 Å². The van der Waals surface area contributed by atoms with E-state index in [-0.39, 0.29) is 13.2 Å². The highest BCUT2D eigenvalue weighted by Gasteiger charge is 2.50. The summed E-state index contributed by atoms with van der Waals surface area (Å²) in [5.41, 5.74) is 0.334. The fourth-order valence-electron chi connectivity index (χ4n) is 2.97. The average Bonchev–Trinajstić information content (AvgIpc) is 2.69. The Labute approximate surface area is 160 Å². The number of allylic oxidation sites excluding steroid dienone is 1. The van der Waals surface area contributed by atoms with Crippen LogP contribution in [0.25, 0.3) is 6.08 Å². The van der Waals surface area contributed by atoms with Gasteiger partial charge in [0.05, 0.1) is 13.2 Å². The minimum absolute atomic E-state index is 0.192. The third-order valence-corrected chi connectivity index (χ3v) is 4.46. The van der Waals surface area contributed by atoms with Crippen molar-refractivity contribution in [3.05, 3.63) is 77.9 Å². The van der Waals surface area contributed by atoms with E-state index in [1.54, 1.807) is 20.8 Å². The normalized spacial score (nSPS) is 12.6. The smallest absolute Gasteiger partial charge is 0.324 e. The van der Waals surface area contributed by atoms with Gasteiger partial charge in [-0.1, -0.05) is 72.8 Å². The van der Waals surface area contributed by atoms with Gasteiger partial charge in [-0.25, -0.2) is 0 Å². The lowest BCUT2D eigenvalue weighted by atomic mass is 9.72. The van der Waals surface area contributed by atoms with Gasteiger partial charge in [-0.05, 0) is 31.9 Å². The van der Waals surface area contributed by atoms with Crippen molar-refractivity contribution in [1.29, 1.82) is 0 Å². The minimum Gasteiger partial charge on any atom is -0.465 e. The van der Waals surface area contributed by atoms with Gasteiger partial charge in [0.1, 0.15) is 0 Å². The molecule has 4 nitrogen and oxygen atoms in total. The molecule has 27 heavy (non-hydrogen) atoms. The number of esters is 2. The van der Waals surface area contributed by atoms with Crippen molar-refractivity contribution >= 4 is 18.0 Å². The van der Waals surface area contributed by atoms with E-state index in [4.69, 9.17) is 9.47 Å². The summed E-state index contributed by atoms with van der Waals surface area (Å²) in [7, 11) is 0. The van der Waals surface area contributed by atoms with Gasteiger partial charge in [-0.3, -0.25) is 9.59 Å². The van der Waals surface area contributed by atoms with Crippen LogP contribution >= 0.6 is 0 Å². The lowest BCUT2D eigenvalue weighted by Gasteiger charge is -2.32. The van der Waals surface area contributed by atoms with E-state index in [1.807, 2.05) is 72.8 Å². The Morgan fingerprint density at radius 3 is 1.85 bits per heavy atom. The Morgan fingerprint density at radius 1 is 0.889 bits per heavy atom. The maximum atomic E-state index is 12.9. The molecule has 2 aromatic rings. The number of carbonyl (C=O) groups excluding carboxylic acids is 2. The first-order chi connectivity index (χ1) is 13.0. The summed E-state index contributed by atoms with van der Waals surface area (Å²) < 4.78 is 10.5. The summed E-state index contributed by atoms with van der Waals surface area (Å²) >= 11 is 0. The summed E-state index contributed by atoms with van der Waals surface area (Å²) in [5, 5.41) is 0. The highest BCUT2D eigenvalue weighted by Crippen LogP contribution is 2.40. The largest absolute Gasteiger partial charge is 0.465 e. The van der Waals surface area contributed by atoms with Crippen molar-refractivity contribution in [2.75, 3.05) is 13.2 Å². The second-order valence-corrected chi connectivity index (χ2v) is 6.30. The first-order valence-corrected chi connectivity index (χ1v) is 9.16. The SMILES string of the molecule is CCOC(=O)C(C)(C(=O)OCC)[C@H](/C=C/c1ccccc1)c1ccccc1. The molecule has 4 heteroatoms. The number of carbonyl (C=O) groups is 2. The van der Waals surface area contributed by atoms with Gasteiger partial charge in [-0.15, -0.1) is 0 Å². The molecule has 0 spiro atoms. The van der Waals surface area contributed by atoms with Gasteiger partial charge < -0.3 is 9.47 Å². The molecule has 0 saturated heterocycles. The number of benzene rings is 2. The molecule has 0 heterocycles. The lowest BCUT2D eigenvalue weighted by molar-refractivity contribution is -0.171.